The number of aromatic hydroxyl groups is 1. The summed E-state index contributed by atoms with van der Waals surface area (Å²) in [6.07, 6.45) is 5.17. The topological polar surface area (TPSA) is 40.5 Å². The Kier molecular flexibility index (Phi) is 3.96. The highest BCUT2D eigenvalue weighted by Gasteiger charge is 2.18. The summed E-state index contributed by atoms with van der Waals surface area (Å²) in [6, 6.07) is 6.77. The van der Waals surface area contributed by atoms with Crippen LogP contribution in [0, 0.1) is 12.3 Å². The lowest BCUT2D eigenvalue weighted by molar-refractivity contribution is -0.130. The average Bonchev–Trinajstić information content (AvgIpc) is 2.28. The number of amides is 1. The molecule has 1 atom stereocenters. The highest BCUT2D eigenvalue weighted by molar-refractivity contribution is 5.78. The fourth-order valence-electron chi connectivity index (χ4n) is 1.48. The van der Waals surface area contributed by atoms with Crippen molar-refractivity contribution < 1.29 is 9.90 Å². The van der Waals surface area contributed by atoms with Crippen molar-refractivity contribution in [1.82, 2.24) is 4.90 Å². The molecule has 0 aromatic heterocycles. The normalized spacial score (nSPS) is 11.6. The number of benzene rings is 1. The maximum atomic E-state index is 11.6. The molecule has 0 bridgehead atoms. The van der Waals surface area contributed by atoms with Crippen molar-refractivity contribution in [3.63, 3.8) is 0 Å². The summed E-state index contributed by atoms with van der Waals surface area (Å²) in [5.74, 6) is 2.38. The quantitative estimate of drug-likeness (QED) is 0.786. The first-order valence-corrected chi connectivity index (χ1v) is 5.05. The molecule has 84 valence electrons. The zero-order chi connectivity index (χ0) is 12.1. The fraction of sp³-hybridized carbons (Fsp3) is 0.308. The second-order valence-corrected chi connectivity index (χ2v) is 3.62. The van der Waals surface area contributed by atoms with E-state index in [1.807, 2.05) is 13.0 Å². The Labute approximate surface area is 95.7 Å². The Morgan fingerprint density at radius 2 is 2.19 bits per heavy atom. The van der Waals surface area contributed by atoms with E-state index >= 15 is 0 Å². The van der Waals surface area contributed by atoms with E-state index in [4.69, 9.17) is 6.42 Å². The fourth-order valence-corrected chi connectivity index (χ4v) is 1.48. The van der Waals surface area contributed by atoms with Crippen molar-refractivity contribution in [2.45, 2.75) is 19.4 Å². The SMILES string of the molecule is C#CCC(=O)N(C)C(C)c1ccccc1O. The first kappa shape index (κ1) is 12.1. The minimum atomic E-state index is -0.193. The van der Waals surface area contributed by atoms with Gasteiger partial charge < -0.3 is 10.0 Å². The van der Waals surface area contributed by atoms with E-state index in [2.05, 4.69) is 5.92 Å². The van der Waals surface area contributed by atoms with E-state index in [0.717, 1.165) is 5.56 Å². The molecule has 1 aromatic rings. The summed E-state index contributed by atoms with van der Waals surface area (Å²) in [7, 11) is 1.68. The van der Waals surface area contributed by atoms with Crippen molar-refractivity contribution >= 4 is 5.91 Å². The third kappa shape index (κ3) is 2.54. The summed E-state index contributed by atoms with van der Waals surface area (Å²) in [5, 5.41) is 9.66. The molecule has 3 heteroatoms. The molecular formula is C13H15NO2. The Morgan fingerprint density at radius 3 is 2.75 bits per heavy atom. The molecule has 1 amide bonds. The Bertz CT molecular complexity index is 420. The van der Waals surface area contributed by atoms with Gasteiger partial charge in [0, 0.05) is 12.6 Å². The van der Waals surface area contributed by atoms with E-state index in [9.17, 15) is 9.90 Å². The van der Waals surface area contributed by atoms with Crippen molar-refractivity contribution in [3.05, 3.63) is 29.8 Å². The third-order valence-electron chi connectivity index (χ3n) is 2.61. The molecule has 0 aliphatic carbocycles. The molecule has 1 aromatic carbocycles. The highest BCUT2D eigenvalue weighted by Crippen LogP contribution is 2.27. The maximum Gasteiger partial charge on any atom is 0.234 e. The van der Waals surface area contributed by atoms with Gasteiger partial charge in [-0.15, -0.1) is 6.42 Å². The van der Waals surface area contributed by atoms with E-state index in [1.54, 1.807) is 25.2 Å². The van der Waals surface area contributed by atoms with Crippen LogP contribution in [0.5, 0.6) is 5.75 Å². The summed E-state index contributed by atoms with van der Waals surface area (Å²) in [4.78, 5) is 13.1. The lowest BCUT2D eigenvalue weighted by atomic mass is 10.1. The summed E-state index contributed by atoms with van der Waals surface area (Å²) >= 11 is 0. The van der Waals surface area contributed by atoms with Gasteiger partial charge in [0.05, 0.1) is 12.5 Å². The molecule has 0 radical (unpaired) electrons. The second kappa shape index (κ2) is 5.22. The summed E-state index contributed by atoms with van der Waals surface area (Å²) < 4.78 is 0. The van der Waals surface area contributed by atoms with Gasteiger partial charge in [0.25, 0.3) is 0 Å². The molecule has 0 aliphatic heterocycles. The summed E-state index contributed by atoms with van der Waals surface area (Å²) in [5.41, 5.74) is 0.718. The predicted molar refractivity (Wildman–Crippen MR) is 62.7 cm³/mol. The van der Waals surface area contributed by atoms with Gasteiger partial charge in [-0.2, -0.15) is 0 Å². The molecule has 0 aliphatic rings. The lowest BCUT2D eigenvalue weighted by Gasteiger charge is -2.25. The number of hydrogen-bond donors (Lipinski definition) is 1. The van der Waals surface area contributed by atoms with Crippen LogP contribution in [0.25, 0.3) is 0 Å². The zero-order valence-corrected chi connectivity index (χ0v) is 9.47. The van der Waals surface area contributed by atoms with Gasteiger partial charge in [-0.1, -0.05) is 24.1 Å². The number of nitrogens with zero attached hydrogens (tertiary/aromatic N) is 1. The van der Waals surface area contributed by atoms with E-state index in [1.165, 1.54) is 4.90 Å². The number of hydrogen-bond acceptors (Lipinski definition) is 2. The molecule has 3 nitrogen and oxygen atoms in total. The Hall–Kier alpha value is -1.95. The zero-order valence-electron chi connectivity index (χ0n) is 9.47. The maximum absolute atomic E-state index is 11.6. The van der Waals surface area contributed by atoms with Gasteiger partial charge in [0.2, 0.25) is 5.91 Å². The van der Waals surface area contributed by atoms with E-state index < -0.39 is 0 Å². The number of carbonyl (C=O) groups is 1. The molecule has 0 saturated heterocycles. The van der Waals surface area contributed by atoms with Gasteiger partial charge in [0.15, 0.2) is 0 Å². The smallest absolute Gasteiger partial charge is 0.234 e. The van der Waals surface area contributed by atoms with Crippen LogP contribution in [0.2, 0.25) is 0 Å². The molecule has 1 rings (SSSR count). The first-order valence-electron chi connectivity index (χ1n) is 5.05. The third-order valence-corrected chi connectivity index (χ3v) is 2.61. The van der Waals surface area contributed by atoms with Gasteiger partial charge in [-0.05, 0) is 13.0 Å². The minimum Gasteiger partial charge on any atom is -0.508 e. The van der Waals surface area contributed by atoms with Crippen LogP contribution >= 0.6 is 0 Å². The predicted octanol–water partition coefficient (Wildman–Crippen LogP) is 1.93. The Morgan fingerprint density at radius 1 is 1.56 bits per heavy atom. The van der Waals surface area contributed by atoms with Crippen LogP contribution in [-0.2, 0) is 4.79 Å². The first-order chi connectivity index (χ1) is 7.57. The number of carbonyl (C=O) groups excluding carboxylic acids is 1. The van der Waals surface area contributed by atoms with Crippen LogP contribution in [0.3, 0.4) is 0 Å². The van der Waals surface area contributed by atoms with Crippen LogP contribution in [0.4, 0.5) is 0 Å². The van der Waals surface area contributed by atoms with E-state index in [-0.39, 0.29) is 24.1 Å². The standard InChI is InChI=1S/C13H15NO2/c1-4-7-13(16)14(3)10(2)11-8-5-6-9-12(11)15/h1,5-6,8-10,15H,7H2,2-3H3. The molecule has 0 heterocycles. The van der Waals surface area contributed by atoms with Crippen molar-refractivity contribution in [2.75, 3.05) is 7.05 Å². The molecule has 0 saturated carbocycles. The number of phenols is 1. The van der Waals surface area contributed by atoms with Crippen molar-refractivity contribution in [3.8, 4) is 18.1 Å². The monoisotopic (exact) mass is 217 g/mol. The number of terminal acetylenes is 1. The second-order valence-electron chi connectivity index (χ2n) is 3.62. The lowest BCUT2D eigenvalue weighted by Crippen LogP contribution is -2.29. The van der Waals surface area contributed by atoms with Gasteiger partial charge in [0.1, 0.15) is 5.75 Å². The molecule has 1 N–H and O–H groups in total. The molecule has 0 spiro atoms. The molecule has 16 heavy (non-hydrogen) atoms. The largest absolute Gasteiger partial charge is 0.508 e. The molecule has 1 unspecified atom stereocenters. The summed E-state index contributed by atoms with van der Waals surface area (Å²) in [6.45, 7) is 1.85. The van der Waals surface area contributed by atoms with Crippen LogP contribution in [-0.4, -0.2) is 23.0 Å². The molecule has 0 fully saturated rings. The van der Waals surface area contributed by atoms with Crippen LogP contribution < -0.4 is 0 Å². The minimum absolute atomic E-state index is 0.0778. The van der Waals surface area contributed by atoms with Crippen LogP contribution in [0.1, 0.15) is 24.9 Å². The highest BCUT2D eigenvalue weighted by atomic mass is 16.3. The number of phenolic OH excluding ortho intramolecular Hbond substituents is 1. The van der Waals surface area contributed by atoms with Gasteiger partial charge >= 0.3 is 0 Å². The van der Waals surface area contributed by atoms with Crippen LogP contribution in [0.15, 0.2) is 24.3 Å². The van der Waals surface area contributed by atoms with Crippen molar-refractivity contribution in [1.29, 1.82) is 0 Å². The number of para-hydroxylation sites is 1. The molecular weight excluding hydrogens is 202 g/mol. The Balaban J connectivity index is 2.87. The number of rotatable bonds is 3. The van der Waals surface area contributed by atoms with Crippen molar-refractivity contribution in [2.24, 2.45) is 0 Å². The van der Waals surface area contributed by atoms with E-state index in [0.29, 0.717) is 0 Å². The van der Waals surface area contributed by atoms with Gasteiger partial charge in [-0.3, -0.25) is 4.79 Å². The van der Waals surface area contributed by atoms with Gasteiger partial charge in [-0.25, -0.2) is 0 Å². The average molecular weight is 217 g/mol.